The van der Waals surface area contributed by atoms with Crippen LogP contribution in [0, 0.1) is 0 Å². The van der Waals surface area contributed by atoms with Crippen LogP contribution in [0.3, 0.4) is 0 Å². The monoisotopic (exact) mass is 314 g/mol. The van der Waals surface area contributed by atoms with Crippen LogP contribution in [0.4, 0.5) is 11.4 Å². The number of carbonyl (C=O) groups excluding carboxylic acids is 1. The molecular formula is C18H19ClN2O. The van der Waals surface area contributed by atoms with Gasteiger partial charge in [0.05, 0.1) is 0 Å². The number of nitrogens with zero attached hydrogens (tertiary/aromatic N) is 1. The first-order chi connectivity index (χ1) is 10.3. The van der Waals surface area contributed by atoms with Gasteiger partial charge in [-0.1, -0.05) is 24.3 Å². The summed E-state index contributed by atoms with van der Waals surface area (Å²) in [7, 11) is 0. The molecule has 22 heavy (non-hydrogen) atoms. The van der Waals surface area contributed by atoms with Gasteiger partial charge in [-0.15, -0.1) is 12.4 Å². The second-order valence-electron chi connectivity index (χ2n) is 5.70. The molecule has 0 aliphatic carbocycles. The van der Waals surface area contributed by atoms with E-state index in [-0.39, 0.29) is 18.3 Å². The molecule has 1 N–H and O–H groups in total. The number of carbonyl (C=O) groups is 1. The van der Waals surface area contributed by atoms with Crippen molar-refractivity contribution in [3.05, 3.63) is 59.2 Å². The summed E-state index contributed by atoms with van der Waals surface area (Å²) in [6.07, 6.45) is 3.03. The largest absolute Gasteiger partial charge is 0.385 e. The third-order valence-electron chi connectivity index (χ3n) is 4.46. The molecule has 1 amide bonds. The van der Waals surface area contributed by atoms with Crippen molar-refractivity contribution in [3.63, 3.8) is 0 Å². The van der Waals surface area contributed by atoms with Crippen LogP contribution in [0.1, 0.15) is 27.9 Å². The number of anilines is 2. The predicted molar refractivity (Wildman–Crippen MR) is 92.3 cm³/mol. The van der Waals surface area contributed by atoms with Crippen LogP contribution < -0.4 is 10.2 Å². The summed E-state index contributed by atoms with van der Waals surface area (Å²) < 4.78 is 0. The smallest absolute Gasteiger partial charge is 0.258 e. The van der Waals surface area contributed by atoms with Gasteiger partial charge in [0.1, 0.15) is 0 Å². The Kier molecular flexibility index (Phi) is 4.08. The van der Waals surface area contributed by atoms with E-state index in [0.29, 0.717) is 0 Å². The van der Waals surface area contributed by atoms with Crippen molar-refractivity contribution in [2.45, 2.75) is 19.3 Å². The lowest BCUT2D eigenvalue weighted by Crippen LogP contribution is -2.30. The lowest BCUT2D eigenvalue weighted by atomic mass is 9.97. The van der Waals surface area contributed by atoms with Crippen LogP contribution in [0.25, 0.3) is 0 Å². The van der Waals surface area contributed by atoms with Gasteiger partial charge in [-0.25, -0.2) is 0 Å². The van der Waals surface area contributed by atoms with Gasteiger partial charge in [0, 0.05) is 30.0 Å². The van der Waals surface area contributed by atoms with E-state index in [1.807, 2.05) is 35.2 Å². The lowest BCUT2D eigenvalue weighted by molar-refractivity contribution is 0.0988. The van der Waals surface area contributed by atoms with E-state index < -0.39 is 0 Å². The fraction of sp³-hybridized carbons (Fsp3) is 0.278. The molecule has 4 heteroatoms. The molecule has 0 saturated heterocycles. The predicted octanol–water partition coefficient (Wildman–Crippen LogP) is 3.67. The van der Waals surface area contributed by atoms with Crippen LogP contribution in [-0.4, -0.2) is 19.0 Å². The summed E-state index contributed by atoms with van der Waals surface area (Å²) >= 11 is 0. The van der Waals surface area contributed by atoms with Crippen molar-refractivity contribution < 1.29 is 4.79 Å². The first-order valence-electron chi connectivity index (χ1n) is 7.60. The second-order valence-corrected chi connectivity index (χ2v) is 5.70. The topological polar surface area (TPSA) is 32.3 Å². The van der Waals surface area contributed by atoms with Gasteiger partial charge in [0.25, 0.3) is 5.91 Å². The van der Waals surface area contributed by atoms with Crippen molar-refractivity contribution in [1.29, 1.82) is 0 Å². The van der Waals surface area contributed by atoms with Crippen LogP contribution in [0.2, 0.25) is 0 Å². The molecule has 0 aromatic heterocycles. The molecule has 2 aromatic rings. The van der Waals surface area contributed by atoms with Crippen LogP contribution in [0.15, 0.2) is 42.5 Å². The van der Waals surface area contributed by atoms with Gasteiger partial charge in [-0.3, -0.25) is 4.79 Å². The molecule has 0 bridgehead atoms. The average molecular weight is 315 g/mol. The minimum Gasteiger partial charge on any atom is -0.385 e. The maximum atomic E-state index is 13.0. The van der Waals surface area contributed by atoms with Crippen LogP contribution in [-0.2, 0) is 12.8 Å². The van der Waals surface area contributed by atoms with Gasteiger partial charge in [-0.05, 0) is 48.6 Å². The van der Waals surface area contributed by atoms with Crippen molar-refractivity contribution in [1.82, 2.24) is 0 Å². The Bertz CT molecular complexity index is 714. The standard InChI is InChI=1S/C18H18N2O.ClH/c21-18(20-12-10-13-5-1-2-9-17(13)20)15-6-3-8-16-14(15)7-4-11-19-16;/h1-3,5-6,8-9,19H,4,7,10-12H2;1H. The maximum Gasteiger partial charge on any atom is 0.258 e. The van der Waals surface area contributed by atoms with Gasteiger partial charge >= 0.3 is 0 Å². The Morgan fingerprint density at radius 1 is 1.05 bits per heavy atom. The number of fused-ring (bicyclic) bond motifs is 2. The summed E-state index contributed by atoms with van der Waals surface area (Å²) in [6.45, 7) is 1.78. The number of hydrogen-bond donors (Lipinski definition) is 1. The highest BCUT2D eigenvalue weighted by atomic mass is 35.5. The summed E-state index contributed by atoms with van der Waals surface area (Å²) in [5.41, 5.74) is 5.51. The fourth-order valence-electron chi connectivity index (χ4n) is 3.40. The van der Waals surface area contributed by atoms with E-state index >= 15 is 0 Å². The number of amides is 1. The summed E-state index contributed by atoms with van der Waals surface area (Å²) in [5.74, 6) is 0.139. The molecule has 2 aliphatic heterocycles. The van der Waals surface area contributed by atoms with Gasteiger partial charge < -0.3 is 10.2 Å². The lowest BCUT2D eigenvalue weighted by Gasteiger charge is -2.23. The third kappa shape index (κ3) is 2.35. The Hall–Kier alpha value is -2.00. The molecule has 3 nitrogen and oxygen atoms in total. The van der Waals surface area contributed by atoms with Gasteiger partial charge in [-0.2, -0.15) is 0 Å². The number of rotatable bonds is 1. The molecule has 0 saturated carbocycles. The molecule has 0 fully saturated rings. The number of benzene rings is 2. The molecular weight excluding hydrogens is 296 g/mol. The molecule has 114 valence electrons. The van der Waals surface area contributed by atoms with Gasteiger partial charge in [0.15, 0.2) is 0 Å². The number of nitrogens with one attached hydrogen (secondary N) is 1. The summed E-state index contributed by atoms with van der Waals surface area (Å²) in [4.78, 5) is 14.9. The highest BCUT2D eigenvalue weighted by Gasteiger charge is 2.27. The average Bonchev–Trinajstić information content (AvgIpc) is 2.98. The molecule has 2 aromatic carbocycles. The molecule has 0 radical (unpaired) electrons. The van der Waals surface area contributed by atoms with Crippen molar-refractivity contribution in [2.75, 3.05) is 23.3 Å². The Morgan fingerprint density at radius 3 is 2.82 bits per heavy atom. The fourth-order valence-corrected chi connectivity index (χ4v) is 3.40. The molecule has 0 unspecified atom stereocenters. The molecule has 0 atom stereocenters. The normalized spacial score (nSPS) is 15.4. The third-order valence-corrected chi connectivity index (χ3v) is 4.46. The Labute approximate surface area is 136 Å². The van der Waals surface area contributed by atoms with Gasteiger partial charge in [0.2, 0.25) is 0 Å². The first kappa shape index (κ1) is 14.9. The highest BCUT2D eigenvalue weighted by Crippen LogP contribution is 2.32. The maximum absolute atomic E-state index is 13.0. The summed E-state index contributed by atoms with van der Waals surface area (Å²) in [6, 6.07) is 14.2. The van der Waals surface area contributed by atoms with Crippen molar-refractivity contribution in [3.8, 4) is 0 Å². The first-order valence-corrected chi connectivity index (χ1v) is 7.60. The van der Waals surface area contributed by atoms with Crippen molar-refractivity contribution >= 4 is 29.7 Å². The molecule has 4 rings (SSSR count). The van der Waals surface area contributed by atoms with E-state index in [1.54, 1.807) is 0 Å². The number of hydrogen-bond acceptors (Lipinski definition) is 2. The van der Waals surface area contributed by atoms with E-state index in [0.717, 1.165) is 49.3 Å². The zero-order valence-electron chi connectivity index (χ0n) is 12.3. The molecule has 0 spiro atoms. The van der Waals surface area contributed by atoms with Crippen LogP contribution >= 0.6 is 12.4 Å². The molecule has 2 heterocycles. The SMILES string of the molecule is Cl.O=C(c1cccc2c1CCCN2)N1CCc2ccccc21. The van der Waals surface area contributed by atoms with Crippen molar-refractivity contribution in [2.24, 2.45) is 0 Å². The highest BCUT2D eigenvalue weighted by molar-refractivity contribution is 6.09. The number of halogens is 1. The molecule has 2 aliphatic rings. The summed E-state index contributed by atoms with van der Waals surface area (Å²) in [5, 5.41) is 3.40. The Balaban J connectivity index is 0.00000144. The van der Waals surface area contributed by atoms with E-state index in [4.69, 9.17) is 0 Å². The minimum atomic E-state index is 0. The zero-order valence-corrected chi connectivity index (χ0v) is 13.2. The minimum absolute atomic E-state index is 0. The second kappa shape index (κ2) is 6.01. The Morgan fingerprint density at radius 2 is 1.91 bits per heavy atom. The zero-order chi connectivity index (χ0) is 14.2. The van der Waals surface area contributed by atoms with E-state index in [9.17, 15) is 4.79 Å². The van der Waals surface area contributed by atoms with E-state index in [1.165, 1.54) is 11.1 Å². The van der Waals surface area contributed by atoms with E-state index in [2.05, 4.69) is 17.4 Å². The quantitative estimate of drug-likeness (QED) is 0.871. The van der Waals surface area contributed by atoms with Crippen LogP contribution in [0.5, 0.6) is 0 Å². The number of para-hydroxylation sites is 1.